The lowest BCUT2D eigenvalue weighted by atomic mass is 10.0. The maximum Gasteiger partial charge on any atom is 0.326 e. The van der Waals surface area contributed by atoms with E-state index in [4.69, 9.17) is 11.6 Å². The number of aliphatic carboxylic acids is 1. The average molecular weight is 427 g/mol. The lowest BCUT2D eigenvalue weighted by Crippen LogP contribution is -2.42. The predicted molar refractivity (Wildman–Crippen MR) is 117 cm³/mol. The number of hydrogen-bond acceptors (Lipinski definition) is 3. The van der Waals surface area contributed by atoms with Gasteiger partial charge in [0.1, 0.15) is 6.04 Å². The van der Waals surface area contributed by atoms with Crippen molar-refractivity contribution in [3.63, 3.8) is 0 Å². The number of aromatic nitrogens is 1. The van der Waals surface area contributed by atoms with Gasteiger partial charge in [0.05, 0.1) is 5.52 Å². The zero-order valence-corrected chi connectivity index (χ0v) is 17.4. The van der Waals surface area contributed by atoms with Gasteiger partial charge in [0.2, 0.25) is 0 Å². The molecule has 2 N–H and O–H groups in total. The van der Waals surface area contributed by atoms with Gasteiger partial charge in [-0.05, 0) is 42.3 Å². The Kier molecular flexibility index (Phi) is 6.90. The molecule has 0 aliphatic carbocycles. The molecule has 1 atom stereocenters. The number of para-hydroxylation sites is 1. The van der Waals surface area contributed by atoms with Crippen molar-refractivity contribution in [2.24, 2.45) is 0 Å². The Labute approximate surface area is 179 Å². The van der Waals surface area contributed by atoms with Crippen molar-refractivity contribution in [3.05, 3.63) is 81.1 Å². The molecule has 0 aliphatic heterocycles. The summed E-state index contributed by atoms with van der Waals surface area (Å²) in [5.74, 6) is -1.68. The molecule has 1 unspecified atom stereocenters. The first-order valence-corrected chi connectivity index (χ1v) is 10.2. The Bertz CT molecular complexity index is 1120. The standard InChI is InChI=1S/C23H23ClN2O4/c1-2-3-12-26-20-7-5-4-6-18(20)16(14-21(26)27)13-19(23(29)30)25-22(28)15-8-10-17(24)11-9-15/h4-11,14,19H,2-3,12-13H2,1H3,(H,25,28)(H,29,30). The number of nitrogens with one attached hydrogen (secondary N) is 1. The predicted octanol–water partition coefficient (Wildman–Crippen LogP) is 3.88. The van der Waals surface area contributed by atoms with E-state index >= 15 is 0 Å². The molecule has 3 rings (SSSR count). The van der Waals surface area contributed by atoms with Crippen molar-refractivity contribution >= 4 is 34.4 Å². The fourth-order valence-electron chi connectivity index (χ4n) is 3.38. The number of carboxylic acids is 1. The van der Waals surface area contributed by atoms with E-state index in [-0.39, 0.29) is 12.0 Å². The van der Waals surface area contributed by atoms with Crippen LogP contribution < -0.4 is 10.9 Å². The van der Waals surface area contributed by atoms with E-state index in [1.165, 1.54) is 18.2 Å². The number of unbranched alkanes of at least 4 members (excludes halogenated alkanes) is 1. The summed E-state index contributed by atoms with van der Waals surface area (Å²) in [5, 5.41) is 13.5. The van der Waals surface area contributed by atoms with Crippen LogP contribution in [0.4, 0.5) is 0 Å². The minimum atomic E-state index is -1.18. The summed E-state index contributed by atoms with van der Waals surface area (Å²) < 4.78 is 1.71. The second kappa shape index (κ2) is 9.59. The third-order valence-corrected chi connectivity index (χ3v) is 5.23. The second-order valence-corrected chi connectivity index (χ2v) is 7.54. The molecule has 1 amide bonds. The second-order valence-electron chi connectivity index (χ2n) is 7.11. The van der Waals surface area contributed by atoms with Crippen LogP contribution in [0.1, 0.15) is 35.7 Å². The Balaban J connectivity index is 1.92. The SMILES string of the molecule is CCCCn1c(=O)cc(CC(NC(=O)c2ccc(Cl)cc2)C(=O)O)c2ccccc21. The van der Waals surface area contributed by atoms with Crippen LogP contribution in [0, 0.1) is 0 Å². The molecular weight excluding hydrogens is 404 g/mol. The van der Waals surface area contributed by atoms with Crippen molar-refractivity contribution in [2.75, 3.05) is 0 Å². The molecular formula is C23H23ClN2O4. The summed E-state index contributed by atoms with van der Waals surface area (Å²) in [6.45, 7) is 2.66. The number of carbonyl (C=O) groups excluding carboxylic acids is 1. The summed E-state index contributed by atoms with van der Waals surface area (Å²) in [4.78, 5) is 37.0. The van der Waals surface area contributed by atoms with Crippen molar-refractivity contribution < 1.29 is 14.7 Å². The van der Waals surface area contributed by atoms with Crippen LogP contribution in [0.3, 0.4) is 0 Å². The molecule has 0 saturated heterocycles. The molecule has 3 aromatic rings. The number of carbonyl (C=O) groups is 2. The van der Waals surface area contributed by atoms with E-state index < -0.39 is 17.9 Å². The fraction of sp³-hybridized carbons (Fsp3) is 0.261. The number of rotatable bonds is 8. The highest BCUT2D eigenvalue weighted by atomic mass is 35.5. The lowest BCUT2D eigenvalue weighted by Gasteiger charge is -2.18. The molecule has 156 valence electrons. The highest BCUT2D eigenvalue weighted by molar-refractivity contribution is 6.30. The minimum Gasteiger partial charge on any atom is -0.480 e. The summed E-state index contributed by atoms with van der Waals surface area (Å²) in [6, 6.07) is 13.9. The van der Waals surface area contributed by atoms with E-state index in [2.05, 4.69) is 12.2 Å². The highest BCUT2D eigenvalue weighted by Crippen LogP contribution is 2.19. The number of carboxylic acid groups (broad SMARTS) is 1. The first-order chi connectivity index (χ1) is 14.4. The number of aryl methyl sites for hydroxylation is 1. The van der Waals surface area contributed by atoms with Gasteiger partial charge in [0.25, 0.3) is 11.5 Å². The molecule has 0 saturated carbocycles. The van der Waals surface area contributed by atoms with Gasteiger partial charge in [-0.3, -0.25) is 9.59 Å². The molecule has 0 bridgehead atoms. The number of halogens is 1. The summed E-state index contributed by atoms with van der Waals surface area (Å²) in [7, 11) is 0. The summed E-state index contributed by atoms with van der Waals surface area (Å²) in [6.07, 6.45) is 1.83. The fourth-order valence-corrected chi connectivity index (χ4v) is 3.51. The maximum absolute atomic E-state index is 12.7. The van der Waals surface area contributed by atoms with E-state index in [0.717, 1.165) is 23.7 Å². The molecule has 0 spiro atoms. The van der Waals surface area contributed by atoms with Gasteiger partial charge in [-0.2, -0.15) is 0 Å². The molecule has 6 nitrogen and oxygen atoms in total. The minimum absolute atomic E-state index is 0.000958. The molecule has 0 radical (unpaired) electrons. The summed E-state index contributed by atoms with van der Waals surface area (Å²) >= 11 is 5.84. The van der Waals surface area contributed by atoms with E-state index in [0.29, 0.717) is 22.7 Å². The number of fused-ring (bicyclic) bond motifs is 1. The van der Waals surface area contributed by atoms with Crippen LogP contribution in [0.15, 0.2) is 59.4 Å². The monoisotopic (exact) mass is 426 g/mol. The van der Waals surface area contributed by atoms with Gasteiger partial charge < -0.3 is 15.0 Å². The summed E-state index contributed by atoms with van der Waals surface area (Å²) in [5.41, 5.74) is 1.49. The zero-order chi connectivity index (χ0) is 21.7. The highest BCUT2D eigenvalue weighted by Gasteiger charge is 2.23. The van der Waals surface area contributed by atoms with Gasteiger partial charge in [0, 0.05) is 35.0 Å². The van der Waals surface area contributed by atoms with Gasteiger partial charge in [-0.1, -0.05) is 43.1 Å². The Morgan fingerprint density at radius 1 is 1.13 bits per heavy atom. The smallest absolute Gasteiger partial charge is 0.326 e. The number of pyridine rings is 1. The molecule has 0 aliphatic rings. The van der Waals surface area contributed by atoms with Crippen LogP contribution in [0.25, 0.3) is 10.9 Å². The van der Waals surface area contributed by atoms with Crippen LogP contribution in [-0.4, -0.2) is 27.6 Å². The third-order valence-electron chi connectivity index (χ3n) is 4.97. The molecule has 7 heteroatoms. The van der Waals surface area contributed by atoms with Crippen LogP contribution in [0.2, 0.25) is 5.02 Å². The number of hydrogen-bond donors (Lipinski definition) is 2. The Morgan fingerprint density at radius 3 is 2.50 bits per heavy atom. The van der Waals surface area contributed by atoms with Crippen LogP contribution in [0.5, 0.6) is 0 Å². The largest absolute Gasteiger partial charge is 0.480 e. The quantitative estimate of drug-likeness (QED) is 0.572. The molecule has 2 aromatic carbocycles. The number of amides is 1. The first-order valence-electron chi connectivity index (χ1n) is 9.81. The first kappa shape index (κ1) is 21.6. The molecule has 1 heterocycles. The third kappa shape index (κ3) is 4.89. The number of benzene rings is 2. The molecule has 0 fully saturated rings. The van der Waals surface area contributed by atoms with Gasteiger partial charge in [0.15, 0.2) is 0 Å². The van der Waals surface area contributed by atoms with E-state index in [1.807, 2.05) is 24.3 Å². The Morgan fingerprint density at radius 2 is 1.83 bits per heavy atom. The van der Waals surface area contributed by atoms with Crippen molar-refractivity contribution in [1.82, 2.24) is 9.88 Å². The van der Waals surface area contributed by atoms with Crippen LogP contribution in [-0.2, 0) is 17.8 Å². The van der Waals surface area contributed by atoms with Crippen molar-refractivity contribution in [1.29, 1.82) is 0 Å². The Hall–Kier alpha value is -3.12. The maximum atomic E-state index is 12.7. The molecule has 1 aromatic heterocycles. The van der Waals surface area contributed by atoms with Gasteiger partial charge >= 0.3 is 5.97 Å². The van der Waals surface area contributed by atoms with Crippen molar-refractivity contribution in [2.45, 2.75) is 38.8 Å². The normalized spacial score (nSPS) is 11.9. The molecule has 30 heavy (non-hydrogen) atoms. The van der Waals surface area contributed by atoms with Gasteiger partial charge in [-0.15, -0.1) is 0 Å². The zero-order valence-electron chi connectivity index (χ0n) is 16.6. The van der Waals surface area contributed by atoms with Crippen molar-refractivity contribution in [3.8, 4) is 0 Å². The number of nitrogens with zero attached hydrogens (tertiary/aromatic N) is 1. The van der Waals surface area contributed by atoms with Crippen LogP contribution >= 0.6 is 11.6 Å². The van der Waals surface area contributed by atoms with Gasteiger partial charge in [-0.25, -0.2) is 4.79 Å². The topological polar surface area (TPSA) is 88.4 Å². The van der Waals surface area contributed by atoms with E-state index in [1.54, 1.807) is 16.7 Å². The van der Waals surface area contributed by atoms with E-state index in [9.17, 15) is 19.5 Å². The average Bonchev–Trinajstić information content (AvgIpc) is 2.73. The lowest BCUT2D eigenvalue weighted by molar-refractivity contribution is -0.139.